The lowest BCUT2D eigenvalue weighted by Gasteiger charge is -2.60. The van der Waals surface area contributed by atoms with E-state index in [-0.39, 0.29) is 8.85 Å². The van der Waals surface area contributed by atoms with Crippen LogP contribution in [0.1, 0.15) is 93.8 Å². The molecule has 23 heavy (non-hydrogen) atoms. The van der Waals surface area contributed by atoms with Crippen molar-refractivity contribution >= 4 is 0 Å². The van der Waals surface area contributed by atoms with Crippen LogP contribution in [0.3, 0.4) is 0 Å². The number of hydrogen-bond acceptors (Lipinski definition) is 0. The van der Waals surface area contributed by atoms with Crippen molar-refractivity contribution in [2.24, 2.45) is 40.4 Å². The van der Waals surface area contributed by atoms with Crippen LogP contribution in [-0.2, 0) is 0 Å². The molecule has 0 heterocycles. The van der Waals surface area contributed by atoms with Crippen molar-refractivity contribution in [1.82, 2.24) is 0 Å². The Bertz CT molecular complexity index is 469. The molecule has 0 spiro atoms. The number of rotatable bonds is 1. The lowest BCUT2D eigenvalue weighted by Crippen LogP contribution is -2.52. The van der Waals surface area contributed by atoms with E-state index >= 15 is 0 Å². The Hall–Kier alpha value is -0.260. The Morgan fingerprint density at radius 3 is 2.35 bits per heavy atom. The van der Waals surface area contributed by atoms with Crippen LogP contribution in [0.25, 0.3) is 0 Å². The van der Waals surface area contributed by atoms with Crippen LogP contribution in [0.4, 0.5) is 0 Å². The lowest BCUT2D eigenvalue weighted by molar-refractivity contribution is -0.108. The molecule has 4 saturated carbocycles. The summed E-state index contributed by atoms with van der Waals surface area (Å²) in [5.74, 6) is 4.98. The maximum absolute atomic E-state index is 4.36. The zero-order valence-electron chi connectivity index (χ0n) is 15.2. The van der Waals surface area contributed by atoms with Gasteiger partial charge in [-0.25, -0.2) is 0 Å². The zero-order valence-corrected chi connectivity index (χ0v) is 15.2. The molecule has 0 amide bonds. The number of fused-ring (bicyclic) bond motifs is 5. The molecule has 0 aliphatic heterocycles. The van der Waals surface area contributed by atoms with E-state index in [0.717, 1.165) is 29.6 Å². The first-order valence-electron chi connectivity index (χ1n) is 10.1. The molecule has 0 aromatic carbocycles. The van der Waals surface area contributed by atoms with Crippen LogP contribution < -0.4 is 0 Å². The first kappa shape index (κ1) is 17.6. The van der Waals surface area contributed by atoms with Gasteiger partial charge in [-0.05, 0) is 98.7 Å². The second-order valence-electron chi connectivity index (χ2n) is 9.92. The highest BCUT2D eigenvalue weighted by atomic mass is 14.6. The van der Waals surface area contributed by atoms with Crippen LogP contribution in [0.15, 0.2) is 12.2 Å². The van der Waals surface area contributed by atoms with E-state index in [0.29, 0.717) is 10.8 Å². The van der Waals surface area contributed by atoms with Crippen LogP contribution in [-0.4, -0.2) is 0 Å². The molecule has 7 atom stereocenters. The van der Waals surface area contributed by atoms with Crippen molar-refractivity contribution in [1.29, 1.82) is 0 Å². The normalized spacial score (nSPS) is 51.9. The summed E-state index contributed by atoms with van der Waals surface area (Å²) in [7, 11) is 0. The molecule has 134 valence electrons. The van der Waals surface area contributed by atoms with Gasteiger partial charge < -0.3 is 0 Å². The first-order valence-corrected chi connectivity index (χ1v) is 10.1. The van der Waals surface area contributed by atoms with E-state index in [1.165, 1.54) is 56.9 Å². The Morgan fingerprint density at radius 2 is 1.61 bits per heavy atom. The molecule has 4 fully saturated rings. The summed E-state index contributed by atoms with van der Waals surface area (Å²) in [6, 6.07) is 0. The molecule has 0 heteroatoms. The average Bonchev–Trinajstić information content (AvgIpc) is 2.84. The van der Waals surface area contributed by atoms with Crippen molar-refractivity contribution in [2.45, 2.75) is 92.4 Å². The summed E-state index contributed by atoms with van der Waals surface area (Å²) < 4.78 is 0. The topological polar surface area (TPSA) is 0 Å². The predicted octanol–water partition coefficient (Wildman–Crippen LogP) is 7.49. The molecule has 0 radical (unpaired) electrons. The summed E-state index contributed by atoms with van der Waals surface area (Å²) in [4.78, 5) is 0. The molecule has 4 aliphatic rings. The first-order chi connectivity index (χ1) is 10.5. The highest BCUT2D eigenvalue weighted by Gasteiger charge is 2.59. The number of hydrogen-bond donors (Lipinski definition) is 0. The van der Waals surface area contributed by atoms with Crippen LogP contribution >= 0.6 is 0 Å². The van der Waals surface area contributed by atoms with E-state index in [1.807, 2.05) is 0 Å². The summed E-state index contributed by atoms with van der Waals surface area (Å²) in [5, 5.41) is 0. The molecule has 0 saturated heterocycles. The maximum atomic E-state index is 4.36. The fraction of sp³-hybridized carbons (Fsp3) is 0.913. The molecular formula is C23H42. The molecule has 0 nitrogen and oxygen atoms in total. The Balaban J connectivity index is 0.00000104. The molecule has 0 N–H and O–H groups in total. The van der Waals surface area contributed by atoms with Gasteiger partial charge in [-0.15, -0.1) is 0 Å². The summed E-state index contributed by atoms with van der Waals surface area (Å²) in [5.41, 5.74) is 2.76. The molecule has 0 bridgehead atoms. The average molecular weight is 319 g/mol. The van der Waals surface area contributed by atoms with Crippen molar-refractivity contribution < 1.29 is 1.43 Å². The van der Waals surface area contributed by atoms with Gasteiger partial charge in [-0.2, -0.15) is 0 Å². The third kappa shape index (κ3) is 2.37. The molecular weight excluding hydrogens is 276 g/mol. The second kappa shape index (κ2) is 5.92. The molecule has 4 aliphatic carbocycles. The van der Waals surface area contributed by atoms with Gasteiger partial charge in [0.25, 0.3) is 0 Å². The molecule has 4 rings (SSSR count). The summed E-state index contributed by atoms with van der Waals surface area (Å²) in [6.07, 6.45) is 15.1. The summed E-state index contributed by atoms with van der Waals surface area (Å²) >= 11 is 0. The Morgan fingerprint density at radius 1 is 0.870 bits per heavy atom. The molecule has 7 unspecified atom stereocenters. The van der Waals surface area contributed by atoms with Gasteiger partial charge in [0.2, 0.25) is 0 Å². The van der Waals surface area contributed by atoms with E-state index in [4.69, 9.17) is 0 Å². The van der Waals surface area contributed by atoms with Crippen LogP contribution in [0.5, 0.6) is 0 Å². The van der Waals surface area contributed by atoms with E-state index in [2.05, 4.69) is 27.4 Å². The van der Waals surface area contributed by atoms with E-state index in [9.17, 15) is 0 Å². The van der Waals surface area contributed by atoms with Crippen molar-refractivity contribution in [3.05, 3.63) is 12.2 Å². The van der Waals surface area contributed by atoms with Crippen molar-refractivity contribution in [2.75, 3.05) is 0 Å². The Labute approximate surface area is 147 Å². The lowest BCUT2D eigenvalue weighted by atomic mass is 9.45. The van der Waals surface area contributed by atoms with Gasteiger partial charge >= 0.3 is 0 Å². The van der Waals surface area contributed by atoms with E-state index < -0.39 is 0 Å². The van der Waals surface area contributed by atoms with Gasteiger partial charge in [0.15, 0.2) is 0 Å². The number of allylic oxidation sites excluding steroid dienone is 1. The minimum atomic E-state index is 0. The molecule has 0 aromatic heterocycles. The maximum Gasteiger partial charge on any atom is 0 e. The van der Waals surface area contributed by atoms with E-state index in [1.54, 1.807) is 12.8 Å². The zero-order chi connectivity index (χ0) is 15.5. The van der Waals surface area contributed by atoms with Gasteiger partial charge in [0.1, 0.15) is 0 Å². The highest BCUT2D eigenvalue weighted by molar-refractivity contribution is 5.14. The molecule has 0 aromatic rings. The van der Waals surface area contributed by atoms with Crippen molar-refractivity contribution in [3.8, 4) is 0 Å². The minimum absolute atomic E-state index is 0. The van der Waals surface area contributed by atoms with Gasteiger partial charge in [-0.3, -0.25) is 0 Å². The van der Waals surface area contributed by atoms with Gasteiger partial charge in [0, 0.05) is 1.43 Å². The van der Waals surface area contributed by atoms with Gasteiger partial charge in [0.05, 0.1) is 0 Å². The SMILES string of the molecule is C.C=C(C)C1CCC2C3CCC4CCCCC4(C)C3CCC12C.[HH]. The standard InChI is InChI=1S/C22H36.CH4.H2/c1-15(2)18-10-11-19-17-9-8-16-7-5-6-13-21(16,3)20(17)12-14-22(18,19)4;;/h16-20H,1,5-14H2,2-4H3;1H4;1H. The minimum Gasteiger partial charge on any atom is -0.0998 e. The van der Waals surface area contributed by atoms with Gasteiger partial charge in [-0.1, -0.05) is 46.3 Å². The highest BCUT2D eigenvalue weighted by Crippen LogP contribution is 2.68. The quantitative estimate of drug-likeness (QED) is 0.439. The summed E-state index contributed by atoms with van der Waals surface area (Å²) in [6.45, 7) is 12.0. The smallest absolute Gasteiger partial charge is 0 e. The largest absolute Gasteiger partial charge is 0.0998 e. The third-order valence-electron chi connectivity index (χ3n) is 9.18. The predicted molar refractivity (Wildman–Crippen MR) is 103 cm³/mol. The van der Waals surface area contributed by atoms with Crippen LogP contribution in [0.2, 0.25) is 0 Å². The third-order valence-corrected chi connectivity index (χ3v) is 9.18. The Kier molecular flexibility index (Phi) is 4.52. The fourth-order valence-corrected chi connectivity index (χ4v) is 8.10. The monoisotopic (exact) mass is 318 g/mol. The second-order valence-corrected chi connectivity index (χ2v) is 9.92. The van der Waals surface area contributed by atoms with Crippen LogP contribution in [0, 0.1) is 40.4 Å². The fourth-order valence-electron chi connectivity index (χ4n) is 8.10. The van der Waals surface area contributed by atoms with Crippen molar-refractivity contribution in [3.63, 3.8) is 0 Å².